The number of hydrogen-bond donors (Lipinski definition) is 1. The van der Waals surface area contributed by atoms with Gasteiger partial charge in [0.1, 0.15) is 5.60 Å². The monoisotopic (exact) mass is 440 g/mol. The van der Waals surface area contributed by atoms with Crippen LogP contribution in [0.2, 0.25) is 0 Å². The summed E-state index contributed by atoms with van der Waals surface area (Å²) in [6.45, 7) is 12.4. The van der Waals surface area contributed by atoms with Gasteiger partial charge in [-0.25, -0.2) is 12.6 Å². The predicted octanol–water partition coefficient (Wildman–Crippen LogP) is 1.95. The van der Waals surface area contributed by atoms with Crippen molar-refractivity contribution in [1.82, 2.24) is 0 Å². The van der Waals surface area contributed by atoms with E-state index in [0.717, 1.165) is 7.11 Å². The van der Waals surface area contributed by atoms with Crippen LogP contribution in [-0.4, -0.2) is 57.6 Å². The van der Waals surface area contributed by atoms with Crippen molar-refractivity contribution in [1.29, 1.82) is 0 Å². The highest BCUT2D eigenvalue weighted by Gasteiger charge is 2.70. The maximum atomic E-state index is 13.3. The van der Waals surface area contributed by atoms with Crippen LogP contribution in [0.4, 0.5) is 0 Å². The topological polar surface area (TPSA) is 124 Å². The fourth-order valence-electron chi connectivity index (χ4n) is 3.46. The maximum Gasteiger partial charge on any atom is 0.326 e. The highest BCUT2D eigenvalue weighted by Crippen LogP contribution is 2.62. The number of aliphatic carboxylic acids is 1. The molecule has 1 rings (SSSR count). The van der Waals surface area contributed by atoms with Crippen LogP contribution >= 0.6 is 0 Å². The van der Waals surface area contributed by atoms with E-state index in [1.54, 1.807) is 34.6 Å². The summed E-state index contributed by atoms with van der Waals surface area (Å²) in [7, 11) is -3.08. The minimum absolute atomic E-state index is 0.833. The Labute approximate surface area is 169 Å². The molecule has 0 radical (unpaired) electrons. The summed E-state index contributed by atoms with van der Waals surface area (Å²) in [4.78, 5) is 24.7. The first-order chi connectivity index (χ1) is 12.3. The van der Waals surface area contributed by atoms with Gasteiger partial charge in [-0.05, 0) is 52.9 Å². The van der Waals surface area contributed by atoms with Crippen LogP contribution in [0.5, 0.6) is 0 Å². The molecule has 8 nitrogen and oxygen atoms in total. The minimum Gasteiger partial charge on any atom is -0.481 e. The number of carboxylic acids is 1. The van der Waals surface area contributed by atoms with Gasteiger partial charge in [0.25, 0.3) is 0 Å². The number of rotatable bonds is 7. The molecule has 0 aromatic rings. The van der Waals surface area contributed by atoms with Gasteiger partial charge in [0.2, 0.25) is 0 Å². The second-order valence-electron chi connectivity index (χ2n) is 9.67. The average Bonchev–Trinajstić information content (AvgIpc) is 3.02. The zero-order valence-corrected chi connectivity index (χ0v) is 19.6. The first kappa shape index (κ1) is 25.0. The SMILES string of the molecule is COS(=O)C(C1C(C(=O)O)C1(C)C)C(C(=O)OC(C)(C)C)S(=O)(=O)C(C)(C)C. The summed E-state index contributed by atoms with van der Waals surface area (Å²) in [5.41, 5.74) is -1.83. The molecule has 1 N–H and O–H groups in total. The Balaban J connectivity index is 3.65. The van der Waals surface area contributed by atoms with Crippen molar-refractivity contribution in [2.75, 3.05) is 7.11 Å². The summed E-state index contributed by atoms with van der Waals surface area (Å²) in [6, 6.07) is 0. The number of sulfone groups is 1. The van der Waals surface area contributed by atoms with E-state index < -0.39 is 71.0 Å². The van der Waals surface area contributed by atoms with E-state index in [2.05, 4.69) is 0 Å². The van der Waals surface area contributed by atoms with Crippen LogP contribution in [0, 0.1) is 17.3 Å². The molecule has 0 heterocycles. The summed E-state index contributed by atoms with van der Waals surface area (Å²) in [6.07, 6.45) is 0. The smallest absolute Gasteiger partial charge is 0.326 e. The van der Waals surface area contributed by atoms with E-state index in [-0.39, 0.29) is 0 Å². The molecule has 1 fully saturated rings. The van der Waals surface area contributed by atoms with E-state index in [4.69, 9.17) is 8.92 Å². The molecule has 0 amide bonds. The van der Waals surface area contributed by atoms with Gasteiger partial charge in [-0.1, -0.05) is 13.8 Å². The quantitative estimate of drug-likeness (QED) is 0.596. The molecule has 0 bridgehead atoms. The second-order valence-corrected chi connectivity index (χ2v) is 13.9. The third kappa shape index (κ3) is 4.76. The standard InChI is InChI=1S/C18H32O8S2/c1-16(2,3)26-15(21)13(28(23,24)17(4,5)6)12(27(22)25-9)10-11(14(19)20)18(10,7)8/h10-13H,1-9H3,(H,19,20). The number of hydrogen-bond acceptors (Lipinski definition) is 7. The van der Waals surface area contributed by atoms with Crippen molar-refractivity contribution in [3.05, 3.63) is 0 Å². The number of ether oxygens (including phenoxy) is 1. The van der Waals surface area contributed by atoms with Crippen LogP contribution in [0.15, 0.2) is 0 Å². The normalized spacial score (nSPS) is 25.5. The summed E-state index contributed by atoms with van der Waals surface area (Å²) < 4.78 is 48.3. The van der Waals surface area contributed by atoms with Gasteiger partial charge in [0.15, 0.2) is 26.2 Å². The van der Waals surface area contributed by atoms with Gasteiger partial charge in [-0.2, -0.15) is 0 Å². The van der Waals surface area contributed by atoms with Gasteiger partial charge < -0.3 is 9.84 Å². The van der Waals surface area contributed by atoms with E-state index in [1.807, 2.05) is 0 Å². The molecule has 5 atom stereocenters. The van der Waals surface area contributed by atoms with E-state index in [9.17, 15) is 27.3 Å². The fourth-order valence-corrected chi connectivity index (χ4v) is 7.04. The number of carbonyl (C=O) groups excluding carboxylic acids is 1. The number of esters is 1. The lowest BCUT2D eigenvalue weighted by molar-refractivity contribution is -0.154. The van der Waals surface area contributed by atoms with Gasteiger partial charge >= 0.3 is 11.9 Å². The van der Waals surface area contributed by atoms with E-state index in [0.29, 0.717) is 0 Å². The summed E-state index contributed by atoms with van der Waals surface area (Å²) in [5.74, 6) is -3.97. The number of carbonyl (C=O) groups is 2. The second kappa shape index (κ2) is 7.68. The Bertz CT molecular complexity index is 755. The highest BCUT2D eigenvalue weighted by atomic mass is 32.2. The largest absolute Gasteiger partial charge is 0.481 e. The fraction of sp³-hybridized carbons (Fsp3) is 0.889. The van der Waals surface area contributed by atoms with Gasteiger partial charge in [0, 0.05) is 0 Å². The molecule has 0 saturated heterocycles. The lowest BCUT2D eigenvalue weighted by Gasteiger charge is -2.32. The Kier molecular flexibility index (Phi) is 6.87. The Hall–Kier alpha value is -1.00. The summed E-state index contributed by atoms with van der Waals surface area (Å²) in [5, 5.41) is 6.33. The van der Waals surface area contributed by atoms with Crippen LogP contribution in [0.3, 0.4) is 0 Å². The number of carboxylic acid groups (broad SMARTS) is 1. The Morgan fingerprint density at radius 1 is 1.11 bits per heavy atom. The lowest BCUT2D eigenvalue weighted by Crippen LogP contribution is -2.53. The lowest BCUT2D eigenvalue weighted by atomic mass is 10.1. The molecule has 1 saturated carbocycles. The van der Waals surface area contributed by atoms with Gasteiger partial charge in [-0.15, -0.1) is 0 Å². The Morgan fingerprint density at radius 2 is 1.57 bits per heavy atom. The Morgan fingerprint density at radius 3 is 1.86 bits per heavy atom. The van der Waals surface area contributed by atoms with Gasteiger partial charge in [0.05, 0.1) is 23.0 Å². The molecule has 0 aliphatic heterocycles. The van der Waals surface area contributed by atoms with Crippen molar-refractivity contribution in [2.45, 2.75) is 76.2 Å². The molecule has 5 unspecified atom stereocenters. The van der Waals surface area contributed by atoms with Crippen LogP contribution < -0.4 is 0 Å². The molecular weight excluding hydrogens is 408 g/mol. The zero-order valence-electron chi connectivity index (χ0n) is 17.9. The van der Waals surface area contributed by atoms with E-state index >= 15 is 0 Å². The molecule has 1 aliphatic rings. The predicted molar refractivity (Wildman–Crippen MR) is 106 cm³/mol. The van der Waals surface area contributed by atoms with Crippen LogP contribution in [0.1, 0.15) is 55.4 Å². The molecule has 10 heteroatoms. The molecule has 164 valence electrons. The zero-order chi connectivity index (χ0) is 22.5. The van der Waals surface area contributed by atoms with Crippen molar-refractivity contribution >= 4 is 32.9 Å². The van der Waals surface area contributed by atoms with Gasteiger partial charge in [-0.3, -0.25) is 13.8 Å². The van der Waals surface area contributed by atoms with Crippen molar-refractivity contribution in [2.24, 2.45) is 17.3 Å². The third-order valence-electron chi connectivity index (χ3n) is 5.04. The van der Waals surface area contributed by atoms with Crippen molar-refractivity contribution in [3.8, 4) is 0 Å². The first-order valence-corrected chi connectivity index (χ1v) is 11.6. The van der Waals surface area contributed by atoms with Crippen LogP contribution in [-0.2, 0) is 39.4 Å². The first-order valence-electron chi connectivity index (χ1n) is 8.95. The molecular formula is C18H32O8S2. The highest BCUT2D eigenvalue weighted by molar-refractivity contribution is 7.95. The third-order valence-corrected chi connectivity index (χ3v) is 9.41. The minimum atomic E-state index is -4.21. The molecule has 28 heavy (non-hydrogen) atoms. The molecule has 1 aliphatic carbocycles. The molecule has 0 spiro atoms. The maximum absolute atomic E-state index is 13.3. The van der Waals surface area contributed by atoms with E-state index in [1.165, 1.54) is 20.8 Å². The average molecular weight is 441 g/mol. The van der Waals surface area contributed by atoms with Crippen molar-refractivity contribution in [3.63, 3.8) is 0 Å². The molecule has 0 aromatic carbocycles. The summed E-state index contributed by atoms with van der Waals surface area (Å²) >= 11 is -2.22. The van der Waals surface area contributed by atoms with Crippen LogP contribution in [0.25, 0.3) is 0 Å². The molecule has 0 aromatic heterocycles. The van der Waals surface area contributed by atoms with Crippen molar-refractivity contribution < 1.29 is 36.2 Å².